The summed E-state index contributed by atoms with van der Waals surface area (Å²) < 4.78 is 5.78. The van der Waals surface area contributed by atoms with Crippen LogP contribution in [0.15, 0.2) is 18.2 Å². The molecule has 1 aromatic rings. The summed E-state index contributed by atoms with van der Waals surface area (Å²) in [5, 5.41) is 2.90. The van der Waals surface area contributed by atoms with E-state index in [1.54, 1.807) is 0 Å². The summed E-state index contributed by atoms with van der Waals surface area (Å²) >= 11 is 0. The minimum absolute atomic E-state index is 0.0154. The van der Waals surface area contributed by atoms with E-state index >= 15 is 0 Å². The number of rotatable bonds is 6. The molecule has 6 nitrogen and oxygen atoms in total. The van der Waals surface area contributed by atoms with Gasteiger partial charge in [0.25, 0.3) is 5.91 Å². The van der Waals surface area contributed by atoms with Gasteiger partial charge in [0.1, 0.15) is 12.3 Å². The predicted molar refractivity (Wildman–Crippen MR) is 94.0 cm³/mol. The fraction of sp³-hybridized carbons (Fsp3) is 0.556. The van der Waals surface area contributed by atoms with Gasteiger partial charge in [0.15, 0.2) is 6.10 Å². The van der Waals surface area contributed by atoms with Crippen LogP contribution in [-0.4, -0.2) is 30.5 Å². The highest BCUT2D eigenvalue weighted by Crippen LogP contribution is 2.36. The van der Waals surface area contributed by atoms with Crippen LogP contribution in [0.1, 0.15) is 52.1 Å². The summed E-state index contributed by atoms with van der Waals surface area (Å²) in [5.41, 5.74) is 7.45. The van der Waals surface area contributed by atoms with Gasteiger partial charge in [0, 0.05) is 12.1 Å². The van der Waals surface area contributed by atoms with E-state index in [2.05, 4.69) is 5.32 Å². The van der Waals surface area contributed by atoms with Crippen molar-refractivity contribution in [3.63, 3.8) is 0 Å². The van der Waals surface area contributed by atoms with Crippen LogP contribution in [-0.2, 0) is 9.59 Å². The minimum atomic E-state index is -0.560. The van der Waals surface area contributed by atoms with Crippen LogP contribution in [0.3, 0.4) is 0 Å². The molecule has 2 amide bonds. The van der Waals surface area contributed by atoms with Crippen LogP contribution in [0.2, 0.25) is 0 Å². The largest absolute Gasteiger partial charge is 0.478 e. The smallest absolute Gasteiger partial charge is 0.268 e. The zero-order chi connectivity index (χ0) is 17.9. The van der Waals surface area contributed by atoms with Crippen molar-refractivity contribution in [1.29, 1.82) is 0 Å². The lowest BCUT2D eigenvalue weighted by Crippen LogP contribution is -2.50. The molecule has 24 heavy (non-hydrogen) atoms. The number of hydrogen-bond donors (Lipinski definition) is 2. The van der Waals surface area contributed by atoms with Crippen LogP contribution >= 0.6 is 0 Å². The number of nitrogens with two attached hydrogens (primary N) is 1. The standard InChI is InChI=1S/C18H27N3O3/c1-5-11(3)20-17(22)10-21-14-9-13(12(4)19)7-8-16(14)24-15(6-2)18(21)23/h7-9,11-12,15H,5-6,10,19H2,1-4H3,(H,20,22). The molecule has 0 aliphatic carbocycles. The first-order chi connectivity index (χ1) is 11.4. The summed E-state index contributed by atoms with van der Waals surface area (Å²) in [4.78, 5) is 26.5. The maximum Gasteiger partial charge on any atom is 0.268 e. The predicted octanol–water partition coefficient (Wildman–Crippen LogP) is 2.12. The summed E-state index contributed by atoms with van der Waals surface area (Å²) in [5.74, 6) is 0.250. The molecule has 1 aliphatic heterocycles. The highest BCUT2D eigenvalue weighted by atomic mass is 16.5. The Labute approximate surface area is 143 Å². The average Bonchev–Trinajstić information content (AvgIpc) is 2.56. The molecule has 2 rings (SSSR count). The van der Waals surface area contributed by atoms with Gasteiger partial charge in [-0.1, -0.05) is 19.9 Å². The van der Waals surface area contributed by atoms with Gasteiger partial charge in [-0.3, -0.25) is 14.5 Å². The van der Waals surface area contributed by atoms with Gasteiger partial charge >= 0.3 is 0 Å². The van der Waals surface area contributed by atoms with E-state index in [9.17, 15) is 9.59 Å². The second kappa shape index (κ2) is 7.66. The van der Waals surface area contributed by atoms with Gasteiger partial charge in [0.2, 0.25) is 5.91 Å². The first-order valence-electron chi connectivity index (χ1n) is 8.54. The molecule has 1 aliphatic rings. The molecule has 0 saturated heterocycles. The Morgan fingerprint density at radius 1 is 1.38 bits per heavy atom. The van der Waals surface area contributed by atoms with Gasteiger partial charge in [-0.25, -0.2) is 0 Å². The van der Waals surface area contributed by atoms with Crippen LogP contribution in [0.4, 0.5) is 5.69 Å². The summed E-state index contributed by atoms with van der Waals surface area (Å²) in [7, 11) is 0. The van der Waals surface area contributed by atoms with Gasteiger partial charge < -0.3 is 15.8 Å². The normalized spacial score (nSPS) is 19.3. The van der Waals surface area contributed by atoms with Crippen molar-refractivity contribution < 1.29 is 14.3 Å². The topological polar surface area (TPSA) is 84.7 Å². The fourth-order valence-electron chi connectivity index (χ4n) is 2.61. The fourth-order valence-corrected chi connectivity index (χ4v) is 2.61. The summed E-state index contributed by atoms with van der Waals surface area (Å²) in [6.45, 7) is 7.69. The molecular formula is C18H27N3O3. The third-order valence-corrected chi connectivity index (χ3v) is 4.30. The van der Waals surface area contributed by atoms with Gasteiger partial charge in [-0.05, 0) is 44.4 Å². The maximum atomic E-state index is 12.7. The molecule has 0 bridgehead atoms. The number of benzene rings is 1. The zero-order valence-corrected chi connectivity index (χ0v) is 14.8. The molecule has 3 N–H and O–H groups in total. The van der Waals surface area contributed by atoms with E-state index in [-0.39, 0.29) is 30.4 Å². The summed E-state index contributed by atoms with van der Waals surface area (Å²) in [6.07, 6.45) is 0.831. The monoisotopic (exact) mass is 333 g/mol. The second-order valence-electron chi connectivity index (χ2n) is 6.33. The molecular weight excluding hydrogens is 306 g/mol. The van der Waals surface area contributed by atoms with Crippen LogP contribution in [0.5, 0.6) is 5.75 Å². The number of ether oxygens (including phenoxy) is 1. The van der Waals surface area contributed by atoms with E-state index in [1.165, 1.54) is 4.90 Å². The van der Waals surface area contributed by atoms with Crippen molar-refractivity contribution in [3.05, 3.63) is 23.8 Å². The molecule has 0 aromatic heterocycles. The molecule has 3 atom stereocenters. The molecule has 0 saturated carbocycles. The van der Waals surface area contributed by atoms with E-state index in [0.717, 1.165) is 12.0 Å². The molecule has 1 aromatic carbocycles. The Morgan fingerprint density at radius 3 is 2.67 bits per heavy atom. The Hall–Kier alpha value is -2.08. The van der Waals surface area contributed by atoms with Crippen molar-refractivity contribution in [2.45, 2.75) is 58.7 Å². The Balaban J connectivity index is 2.32. The lowest BCUT2D eigenvalue weighted by atomic mass is 10.0. The number of nitrogens with one attached hydrogen (secondary N) is 1. The van der Waals surface area contributed by atoms with Crippen molar-refractivity contribution in [2.24, 2.45) is 5.73 Å². The minimum Gasteiger partial charge on any atom is -0.478 e. The van der Waals surface area contributed by atoms with E-state index in [0.29, 0.717) is 17.9 Å². The molecule has 6 heteroatoms. The third-order valence-electron chi connectivity index (χ3n) is 4.30. The third kappa shape index (κ3) is 3.87. The quantitative estimate of drug-likeness (QED) is 0.835. The second-order valence-corrected chi connectivity index (χ2v) is 6.33. The molecule has 0 spiro atoms. The lowest BCUT2D eigenvalue weighted by molar-refractivity contribution is -0.129. The van der Waals surface area contributed by atoms with E-state index < -0.39 is 6.10 Å². The van der Waals surface area contributed by atoms with Crippen LogP contribution in [0.25, 0.3) is 0 Å². The van der Waals surface area contributed by atoms with Crippen LogP contribution in [0, 0.1) is 0 Å². The SMILES string of the molecule is CCC(C)NC(=O)CN1C(=O)C(CC)Oc2ccc(C(C)N)cc21. The number of nitrogens with zero attached hydrogens (tertiary/aromatic N) is 1. The molecule has 1 heterocycles. The van der Waals surface area contributed by atoms with Crippen molar-refractivity contribution >= 4 is 17.5 Å². The first kappa shape index (κ1) is 18.3. The molecule has 132 valence electrons. The van der Waals surface area contributed by atoms with Crippen molar-refractivity contribution in [3.8, 4) is 5.75 Å². The van der Waals surface area contributed by atoms with Gasteiger partial charge in [0.05, 0.1) is 5.69 Å². The Kier molecular flexibility index (Phi) is 5.83. The highest BCUT2D eigenvalue weighted by molar-refractivity contribution is 6.04. The first-order valence-corrected chi connectivity index (χ1v) is 8.54. The van der Waals surface area contributed by atoms with Crippen LogP contribution < -0.4 is 20.7 Å². The van der Waals surface area contributed by atoms with E-state index in [4.69, 9.17) is 10.5 Å². The molecule has 0 fully saturated rings. The van der Waals surface area contributed by atoms with Crippen molar-refractivity contribution in [2.75, 3.05) is 11.4 Å². The zero-order valence-electron chi connectivity index (χ0n) is 14.8. The number of carbonyl (C=O) groups is 2. The van der Waals surface area contributed by atoms with Gasteiger partial charge in [-0.2, -0.15) is 0 Å². The number of amides is 2. The maximum absolute atomic E-state index is 12.7. The highest BCUT2D eigenvalue weighted by Gasteiger charge is 2.34. The van der Waals surface area contributed by atoms with E-state index in [1.807, 2.05) is 45.9 Å². The lowest BCUT2D eigenvalue weighted by Gasteiger charge is -2.34. The average molecular weight is 333 g/mol. The summed E-state index contributed by atoms with van der Waals surface area (Å²) in [6, 6.07) is 5.46. The van der Waals surface area contributed by atoms with Gasteiger partial charge in [-0.15, -0.1) is 0 Å². The number of carbonyl (C=O) groups excluding carboxylic acids is 2. The number of hydrogen-bond acceptors (Lipinski definition) is 4. The Morgan fingerprint density at radius 2 is 2.08 bits per heavy atom. The number of anilines is 1. The number of fused-ring (bicyclic) bond motifs is 1. The Bertz CT molecular complexity index is 616. The molecule has 0 radical (unpaired) electrons. The van der Waals surface area contributed by atoms with Crippen molar-refractivity contribution in [1.82, 2.24) is 5.32 Å². The molecule has 3 unspecified atom stereocenters.